The van der Waals surface area contributed by atoms with E-state index in [9.17, 15) is 9.59 Å². The number of methoxy groups -OCH3 is 1. The van der Waals surface area contributed by atoms with E-state index in [1.807, 2.05) is 19.0 Å². The van der Waals surface area contributed by atoms with Crippen molar-refractivity contribution in [3.8, 4) is 17.2 Å². The second kappa shape index (κ2) is 9.29. The molecule has 1 N–H and O–H groups in total. The van der Waals surface area contributed by atoms with Crippen molar-refractivity contribution in [2.75, 3.05) is 57.7 Å². The molecule has 29 heavy (non-hydrogen) atoms. The summed E-state index contributed by atoms with van der Waals surface area (Å²) < 4.78 is 16.2. The first-order chi connectivity index (χ1) is 14.0. The number of fused-ring (bicyclic) bond motifs is 1. The number of amides is 2. The van der Waals surface area contributed by atoms with Gasteiger partial charge in [-0.15, -0.1) is 0 Å². The molecule has 1 aliphatic rings. The molecule has 0 saturated carbocycles. The third kappa shape index (κ3) is 5.39. The molecular weight excluding hydrogens is 374 g/mol. The molecule has 2 aromatic rings. The minimum absolute atomic E-state index is 0.0144. The van der Waals surface area contributed by atoms with Gasteiger partial charge in [0.1, 0.15) is 17.2 Å². The molecule has 154 valence electrons. The zero-order chi connectivity index (χ0) is 20.8. The van der Waals surface area contributed by atoms with Crippen molar-refractivity contribution in [3.63, 3.8) is 0 Å². The van der Waals surface area contributed by atoms with Gasteiger partial charge in [-0.25, -0.2) is 0 Å². The van der Waals surface area contributed by atoms with E-state index in [-0.39, 0.29) is 25.0 Å². The number of ether oxygens (including phenoxy) is 3. The molecule has 0 saturated heterocycles. The standard InChI is InChI=1S/C21H25N3O5/c1-23(2)9-10-24-18-11-15(7-8-19(18)29-14-21(24)26)22-20(25)13-28-17-6-4-5-16(12-17)27-3/h4-8,11-12H,9-10,13-14H2,1-3H3,(H,22,25). The Balaban J connectivity index is 1.65. The lowest BCUT2D eigenvalue weighted by atomic mass is 10.2. The molecule has 0 aliphatic carbocycles. The fourth-order valence-corrected chi connectivity index (χ4v) is 2.86. The van der Waals surface area contributed by atoms with Gasteiger partial charge in [-0.2, -0.15) is 0 Å². The van der Waals surface area contributed by atoms with Gasteiger partial charge >= 0.3 is 0 Å². The van der Waals surface area contributed by atoms with Crippen LogP contribution in [-0.2, 0) is 9.59 Å². The Morgan fingerprint density at radius 2 is 2.00 bits per heavy atom. The van der Waals surface area contributed by atoms with Crippen LogP contribution in [0.1, 0.15) is 0 Å². The molecule has 2 amide bonds. The van der Waals surface area contributed by atoms with E-state index >= 15 is 0 Å². The van der Waals surface area contributed by atoms with Crippen LogP contribution in [0, 0.1) is 0 Å². The number of likely N-dealkylation sites (N-methyl/N-ethyl adjacent to an activating group) is 1. The molecule has 0 atom stereocenters. The van der Waals surface area contributed by atoms with Gasteiger partial charge < -0.3 is 29.3 Å². The first-order valence-corrected chi connectivity index (χ1v) is 9.25. The van der Waals surface area contributed by atoms with E-state index in [1.54, 1.807) is 54.5 Å². The number of anilines is 2. The van der Waals surface area contributed by atoms with E-state index in [1.165, 1.54) is 0 Å². The molecule has 1 aliphatic heterocycles. The van der Waals surface area contributed by atoms with E-state index in [2.05, 4.69) is 5.32 Å². The van der Waals surface area contributed by atoms with Gasteiger partial charge in [0, 0.05) is 24.8 Å². The Kier molecular flexibility index (Phi) is 6.56. The van der Waals surface area contributed by atoms with Gasteiger partial charge in [0.25, 0.3) is 11.8 Å². The number of benzene rings is 2. The molecule has 0 unspecified atom stereocenters. The summed E-state index contributed by atoms with van der Waals surface area (Å²) in [7, 11) is 5.47. The molecule has 0 spiro atoms. The van der Waals surface area contributed by atoms with Crippen LogP contribution in [0.4, 0.5) is 11.4 Å². The summed E-state index contributed by atoms with van der Waals surface area (Å²) in [6, 6.07) is 12.3. The van der Waals surface area contributed by atoms with Crippen LogP contribution in [0.2, 0.25) is 0 Å². The number of rotatable bonds is 8. The molecule has 1 heterocycles. The first kappa shape index (κ1) is 20.5. The van der Waals surface area contributed by atoms with E-state index in [0.717, 1.165) is 6.54 Å². The minimum atomic E-state index is -0.310. The van der Waals surface area contributed by atoms with Gasteiger partial charge in [0.05, 0.1) is 12.8 Å². The summed E-state index contributed by atoms with van der Waals surface area (Å²) >= 11 is 0. The third-order valence-corrected chi connectivity index (χ3v) is 4.37. The Morgan fingerprint density at radius 1 is 1.21 bits per heavy atom. The van der Waals surface area contributed by atoms with E-state index < -0.39 is 0 Å². The Morgan fingerprint density at radius 3 is 2.76 bits per heavy atom. The van der Waals surface area contributed by atoms with Crippen molar-refractivity contribution < 1.29 is 23.8 Å². The Labute approximate surface area is 170 Å². The molecule has 0 radical (unpaired) electrons. The highest BCUT2D eigenvalue weighted by molar-refractivity contribution is 5.99. The van der Waals surface area contributed by atoms with Gasteiger partial charge in [-0.05, 0) is 44.4 Å². The largest absolute Gasteiger partial charge is 0.497 e. The number of carbonyl (C=O) groups excluding carboxylic acids is 2. The highest BCUT2D eigenvalue weighted by atomic mass is 16.5. The molecule has 3 rings (SSSR count). The highest BCUT2D eigenvalue weighted by Gasteiger charge is 2.25. The number of nitrogens with zero attached hydrogens (tertiary/aromatic N) is 2. The lowest BCUT2D eigenvalue weighted by molar-refractivity contribution is -0.121. The molecule has 0 fully saturated rings. The maximum Gasteiger partial charge on any atom is 0.265 e. The van der Waals surface area contributed by atoms with Gasteiger partial charge in [-0.1, -0.05) is 6.07 Å². The van der Waals surface area contributed by atoms with Crippen LogP contribution in [0.5, 0.6) is 17.2 Å². The summed E-state index contributed by atoms with van der Waals surface area (Å²) in [5.41, 5.74) is 1.21. The van der Waals surface area contributed by atoms with Crippen molar-refractivity contribution in [1.82, 2.24) is 4.90 Å². The maximum absolute atomic E-state index is 12.3. The second-order valence-electron chi connectivity index (χ2n) is 6.84. The number of nitrogens with one attached hydrogen (secondary N) is 1. The number of hydrogen-bond donors (Lipinski definition) is 1. The van der Waals surface area contributed by atoms with Crippen molar-refractivity contribution in [2.45, 2.75) is 0 Å². The van der Waals surface area contributed by atoms with E-state index in [0.29, 0.717) is 35.2 Å². The quantitative estimate of drug-likeness (QED) is 0.731. The molecule has 8 nitrogen and oxygen atoms in total. The molecule has 0 bridgehead atoms. The zero-order valence-electron chi connectivity index (χ0n) is 16.8. The Bertz CT molecular complexity index is 884. The predicted molar refractivity (Wildman–Crippen MR) is 110 cm³/mol. The summed E-state index contributed by atoms with van der Waals surface area (Å²) in [6.07, 6.45) is 0. The van der Waals surface area contributed by atoms with Crippen LogP contribution >= 0.6 is 0 Å². The van der Waals surface area contributed by atoms with Gasteiger partial charge in [0.15, 0.2) is 13.2 Å². The fraction of sp³-hybridized carbons (Fsp3) is 0.333. The monoisotopic (exact) mass is 399 g/mol. The van der Waals surface area contributed by atoms with Crippen LogP contribution in [0.3, 0.4) is 0 Å². The molecule has 2 aromatic carbocycles. The van der Waals surface area contributed by atoms with Crippen LogP contribution in [0.15, 0.2) is 42.5 Å². The predicted octanol–water partition coefficient (Wildman–Crippen LogP) is 2.00. The molecular formula is C21H25N3O5. The minimum Gasteiger partial charge on any atom is -0.497 e. The normalized spacial score (nSPS) is 13.0. The van der Waals surface area contributed by atoms with Gasteiger partial charge in [-0.3, -0.25) is 9.59 Å². The summed E-state index contributed by atoms with van der Waals surface area (Å²) in [4.78, 5) is 28.2. The van der Waals surface area contributed by atoms with Crippen molar-refractivity contribution in [2.24, 2.45) is 0 Å². The topological polar surface area (TPSA) is 80.3 Å². The summed E-state index contributed by atoms with van der Waals surface area (Å²) in [5.74, 6) is 1.40. The third-order valence-electron chi connectivity index (χ3n) is 4.37. The lowest BCUT2D eigenvalue weighted by Crippen LogP contribution is -2.42. The first-order valence-electron chi connectivity index (χ1n) is 9.25. The fourth-order valence-electron chi connectivity index (χ4n) is 2.86. The van der Waals surface area contributed by atoms with Crippen LogP contribution in [-0.4, -0.2) is 64.2 Å². The van der Waals surface area contributed by atoms with Crippen LogP contribution < -0.4 is 24.4 Å². The average molecular weight is 399 g/mol. The SMILES string of the molecule is COc1cccc(OCC(=O)Nc2ccc3c(c2)N(CCN(C)C)C(=O)CO3)c1. The highest BCUT2D eigenvalue weighted by Crippen LogP contribution is 2.34. The smallest absolute Gasteiger partial charge is 0.265 e. The van der Waals surface area contributed by atoms with Crippen molar-refractivity contribution in [3.05, 3.63) is 42.5 Å². The molecule has 8 heteroatoms. The number of hydrogen-bond acceptors (Lipinski definition) is 6. The number of carbonyl (C=O) groups is 2. The van der Waals surface area contributed by atoms with Crippen LogP contribution in [0.25, 0.3) is 0 Å². The van der Waals surface area contributed by atoms with Crippen molar-refractivity contribution in [1.29, 1.82) is 0 Å². The molecule has 0 aromatic heterocycles. The van der Waals surface area contributed by atoms with Gasteiger partial charge in [0.2, 0.25) is 0 Å². The second-order valence-corrected chi connectivity index (χ2v) is 6.84. The summed E-state index contributed by atoms with van der Waals surface area (Å²) in [6.45, 7) is 1.12. The average Bonchev–Trinajstić information content (AvgIpc) is 2.71. The lowest BCUT2D eigenvalue weighted by Gasteiger charge is -2.30. The van der Waals surface area contributed by atoms with E-state index in [4.69, 9.17) is 14.2 Å². The Hall–Kier alpha value is -3.26. The zero-order valence-corrected chi connectivity index (χ0v) is 16.8. The van der Waals surface area contributed by atoms with Crippen molar-refractivity contribution >= 4 is 23.2 Å². The summed E-state index contributed by atoms with van der Waals surface area (Å²) in [5, 5.41) is 2.79. The maximum atomic E-state index is 12.3.